The fourth-order valence-electron chi connectivity index (χ4n) is 2.37. The molecular weight excluding hydrogens is 338 g/mol. The van der Waals surface area contributed by atoms with Crippen LogP contribution in [0.3, 0.4) is 0 Å². The number of piperazine rings is 1. The number of amides is 1. The molecule has 1 aromatic carbocycles. The van der Waals surface area contributed by atoms with Gasteiger partial charge in [0.1, 0.15) is 0 Å². The second kappa shape index (κ2) is 8.63. The summed E-state index contributed by atoms with van der Waals surface area (Å²) in [6.07, 6.45) is 0.859. The van der Waals surface area contributed by atoms with Crippen LogP contribution < -0.4 is 5.32 Å². The lowest BCUT2D eigenvalue weighted by atomic mass is 10.2. The number of nitrogens with one attached hydrogen (secondary N) is 1. The Hall–Kier alpha value is -1.15. The molecule has 1 saturated heterocycles. The molecule has 0 aliphatic carbocycles. The third kappa shape index (κ3) is 4.91. The first kappa shape index (κ1) is 19.9. The summed E-state index contributed by atoms with van der Waals surface area (Å²) in [6.45, 7) is 4.64. The Balaban J connectivity index is 0.00000264. The molecule has 0 saturated carbocycles. The summed E-state index contributed by atoms with van der Waals surface area (Å²) < 4.78 is 26.1. The molecule has 1 aromatic rings. The highest BCUT2D eigenvalue weighted by Crippen LogP contribution is 2.15. The zero-order valence-corrected chi connectivity index (χ0v) is 15.1. The highest BCUT2D eigenvalue weighted by atomic mass is 35.5. The molecule has 0 radical (unpaired) electrons. The molecule has 2 rings (SSSR count). The standard InChI is InChI=1S/C15H23N3O3S.ClH/c1-3-13-4-6-14(7-5-13)22(20,21)17(2)12-15(19)18-10-8-16-9-11-18;/h4-7,16H,3,8-12H2,1-2H3;1H. The maximum atomic E-state index is 12.5. The van der Waals surface area contributed by atoms with Crippen molar-refractivity contribution in [3.63, 3.8) is 0 Å². The predicted octanol–water partition coefficient (Wildman–Crippen LogP) is 0.723. The predicted molar refractivity (Wildman–Crippen MR) is 92.3 cm³/mol. The van der Waals surface area contributed by atoms with Crippen molar-refractivity contribution in [3.8, 4) is 0 Å². The molecule has 0 unspecified atom stereocenters. The van der Waals surface area contributed by atoms with Crippen LogP contribution in [0.1, 0.15) is 12.5 Å². The quantitative estimate of drug-likeness (QED) is 0.839. The van der Waals surface area contributed by atoms with Gasteiger partial charge in [0.25, 0.3) is 0 Å². The van der Waals surface area contributed by atoms with E-state index in [4.69, 9.17) is 0 Å². The molecule has 8 heteroatoms. The van der Waals surface area contributed by atoms with E-state index >= 15 is 0 Å². The highest BCUT2D eigenvalue weighted by Gasteiger charge is 2.25. The van der Waals surface area contributed by atoms with E-state index in [2.05, 4.69) is 5.32 Å². The van der Waals surface area contributed by atoms with Crippen LogP contribution in [0, 0.1) is 0 Å². The second-order valence-electron chi connectivity index (χ2n) is 5.39. The molecule has 23 heavy (non-hydrogen) atoms. The molecule has 0 atom stereocenters. The van der Waals surface area contributed by atoms with E-state index in [1.807, 2.05) is 6.92 Å². The number of hydrogen-bond donors (Lipinski definition) is 1. The van der Waals surface area contributed by atoms with Gasteiger partial charge in [-0.15, -0.1) is 12.4 Å². The number of carbonyl (C=O) groups is 1. The summed E-state index contributed by atoms with van der Waals surface area (Å²) in [7, 11) is -2.18. The fourth-order valence-corrected chi connectivity index (χ4v) is 3.49. The molecule has 1 aliphatic heterocycles. The Morgan fingerprint density at radius 1 is 1.22 bits per heavy atom. The van der Waals surface area contributed by atoms with Crippen LogP contribution in [0.5, 0.6) is 0 Å². The summed E-state index contributed by atoms with van der Waals surface area (Å²) in [5.41, 5.74) is 1.08. The lowest BCUT2D eigenvalue weighted by Gasteiger charge is -2.29. The topological polar surface area (TPSA) is 69.7 Å². The normalized spacial score (nSPS) is 15.3. The average molecular weight is 362 g/mol. The van der Waals surface area contributed by atoms with Crippen LogP contribution in [0.4, 0.5) is 0 Å². The molecule has 0 aromatic heterocycles. The van der Waals surface area contributed by atoms with Crippen molar-refractivity contribution in [2.24, 2.45) is 0 Å². The highest BCUT2D eigenvalue weighted by molar-refractivity contribution is 7.89. The van der Waals surface area contributed by atoms with E-state index in [0.717, 1.165) is 29.4 Å². The molecule has 1 aliphatic rings. The largest absolute Gasteiger partial charge is 0.339 e. The van der Waals surface area contributed by atoms with Gasteiger partial charge in [0.05, 0.1) is 11.4 Å². The minimum atomic E-state index is -3.63. The summed E-state index contributed by atoms with van der Waals surface area (Å²) in [4.78, 5) is 14.1. The van der Waals surface area contributed by atoms with Gasteiger partial charge in [-0.1, -0.05) is 19.1 Å². The maximum Gasteiger partial charge on any atom is 0.243 e. The Morgan fingerprint density at radius 3 is 2.30 bits per heavy atom. The zero-order chi connectivity index (χ0) is 16.2. The van der Waals surface area contributed by atoms with Gasteiger partial charge in [-0.05, 0) is 24.1 Å². The Morgan fingerprint density at radius 2 is 1.78 bits per heavy atom. The number of halogens is 1. The van der Waals surface area contributed by atoms with E-state index in [-0.39, 0.29) is 29.8 Å². The molecule has 1 heterocycles. The molecular formula is C15H24ClN3O3S. The van der Waals surface area contributed by atoms with Crippen molar-refractivity contribution >= 4 is 28.3 Å². The Kier molecular flexibility index (Phi) is 7.47. The van der Waals surface area contributed by atoms with Crippen molar-refractivity contribution in [3.05, 3.63) is 29.8 Å². The van der Waals surface area contributed by atoms with Gasteiger partial charge in [0.2, 0.25) is 15.9 Å². The van der Waals surface area contributed by atoms with Crippen molar-refractivity contribution in [2.45, 2.75) is 18.2 Å². The summed E-state index contributed by atoms with van der Waals surface area (Å²) in [5.74, 6) is -0.155. The van der Waals surface area contributed by atoms with Gasteiger partial charge in [0, 0.05) is 33.2 Å². The lowest BCUT2D eigenvalue weighted by molar-refractivity contribution is -0.131. The number of likely N-dealkylation sites (N-methyl/N-ethyl adjacent to an activating group) is 1. The van der Waals surface area contributed by atoms with Crippen LogP contribution >= 0.6 is 12.4 Å². The van der Waals surface area contributed by atoms with Crippen molar-refractivity contribution in [2.75, 3.05) is 39.8 Å². The second-order valence-corrected chi connectivity index (χ2v) is 7.43. The monoisotopic (exact) mass is 361 g/mol. The van der Waals surface area contributed by atoms with Gasteiger partial charge in [0.15, 0.2) is 0 Å². The number of aryl methyl sites for hydroxylation is 1. The number of nitrogens with zero attached hydrogens (tertiary/aromatic N) is 2. The van der Waals surface area contributed by atoms with Crippen LogP contribution in [0.25, 0.3) is 0 Å². The van der Waals surface area contributed by atoms with Gasteiger partial charge < -0.3 is 10.2 Å². The molecule has 1 amide bonds. The maximum absolute atomic E-state index is 12.5. The van der Waals surface area contributed by atoms with E-state index in [1.165, 1.54) is 7.05 Å². The minimum Gasteiger partial charge on any atom is -0.339 e. The molecule has 0 bridgehead atoms. The van der Waals surface area contributed by atoms with E-state index < -0.39 is 10.0 Å². The molecule has 1 fully saturated rings. The van der Waals surface area contributed by atoms with E-state index in [1.54, 1.807) is 29.2 Å². The third-order valence-corrected chi connectivity index (χ3v) is 5.69. The van der Waals surface area contributed by atoms with Crippen molar-refractivity contribution in [1.82, 2.24) is 14.5 Å². The Bertz CT molecular complexity index is 613. The number of benzene rings is 1. The first-order valence-corrected chi connectivity index (χ1v) is 8.93. The summed E-state index contributed by atoms with van der Waals surface area (Å²) in [5, 5.41) is 3.16. The third-order valence-electron chi connectivity index (χ3n) is 3.87. The molecule has 130 valence electrons. The molecule has 1 N–H and O–H groups in total. The van der Waals surface area contributed by atoms with Gasteiger partial charge >= 0.3 is 0 Å². The van der Waals surface area contributed by atoms with Crippen LogP contribution in [-0.2, 0) is 21.2 Å². The average Bonchev–Trinajstić information content (AvgIpc) is 2.55. The van der Waals surface area contributed by atoms with Gasteiger partial charge in [-0.3, -0.25) is 4.79 Å². The first-order chi connectivity index (χ1) is 10.4. The van der Waals surface area contributed by atoms with Crippen molar-refractivity contribution in [1.29, 1.82) is 0 Å². The van der Waals surface area contributed by atoms with Gasteiger partial charge in [-0.2, -0.15) is 4.31 Å². The first-order valence-electron chi connectivity index (χ1n) is 7.49. The number of hydrogen-bond acceptors (Lipinski definition) is 4. The van der Waals surface area contributed by atoms with Crippen LogP contribution in [0.15, 0.2) is 29.2 Å². The van der Waals surface area contributed by atoms with Crippen LogP contribution in [0.2, 0.25) is 0 Å². The lowest BCUT2D eigenvalue weighted by Crippen LogP contribution is -2.49. The fraction of sp³-hybridized carbons (Fsp3) is 0.533. The summed E-state index contributed by atoms with van der Waals surface area (Å²) in [6, 6.07) is 6.80. The minimum absolute atomic E-state index is 0. The summed E-state index contributed by atoms with van der Waals surface area (Å²) >= 11 is 0. The Labute approximate surface area is 144 Å². The molecule has 0 spiro atoms. The zero-order valence-electron chi connectivity index (χ0n) is 13.5. The van der Waals surface area contributed by atoms with Gasteiger partial charge in [-0.25, -0.2) is 8.42 Å². The number of rotatable bonds is 5. The SMILES string of the molecule is CCc1ccc(S(=O)(=O)N(C)CC(=O)N2CCNCC2)cc1.Cl. The van der Waals surface area contributed by atoms with E-state index in [9.17, 15) is 13.2 Å². The number of carbonyl (C=O) groups excluding carboxylic acids is 1. The van der Waals surface area contributed by atoms with Crippen LogP contribution in [-0.4, -0.2) is 63.3 Å². The molecule has 6 nitrogen and oxygen atoms in total. The smallest absolute Gasteiger partial charge is 0.243 e. The van der Waals surface area contributed by atoms with Crippen molar-refractivity contribution < 1.29 is 13.2 Å². The number of sulfonamides is 1. The van der Waals surface area contributed by atoms with E-state index in [0.29, 0.717) is 13.1 Å².